The highest BCUT2D eigenvalue weighted by molar-refractivity contribution is 7.89. The van der Waals surface area contributed by atoms with Gasteiger partial charge in [0.25, 0.3) is 0 Å². The number of aryl methyl sites for hydroxylation is 1. The number of hydrogen-bond acceptors (Lipinski definition) is 4. The molecule has 1 N–H and O–H groups in total. The molecule has 1 atom stereocenters. The number of aromatic nitrogens is 1. The van der Waals surface area contributed by atoms with E-state index >= 15 is 0 Å². The Hall–Kier alpha value is -1.36. The number of nitrogens with one attached hydrogen (secondary N) is 1. The van der Waals surface area contributed by atoms with Crippen LogP contribution in [0.15, 0.2) is 23.4 Å². The molecule has 0 aromatic carbocycles. The number of piperazine rings is 1. The summed E-state index contributed by atoms with van der Waals surface area (Å²) in [7, 11) is -1.79. The maximum absolute atomic E-state index is 12.3. The molecule has 17 heavy (non-hydrogen) atoms. The number of nitriles is 1. The van der Waals surface area contributed by atoms with Crippen molar-refractivity contribution in [1.29, 1.82) is 5.26 Å². The van der Waals surface area contributed by atoms with E-state index in [1.807, 2.05) is 6.07 Å². The van der Waals surface area contributed by atoms with Gasteiger partial charge in [-0.2, -0.15) is 9.57 Å². The van der Waals surface area contributed by atoms with Crippen LogP contribution >= 0.6 is 0 Å². The number of sulfonamides is 1. The Bertz CT molecular complexity index is 543. The number of hydrogen-bond donors (Lipinski definition) is 1. The van der Waals surface area contributed by atoms with Gasteiger partial charge in [-0.1, -0.05) is 0 Å². The van der Waals surface area contributed by atoms with E-state index in [0.717, 1.165) is 0 Å². The van der Waals surface area contributed by atoms with Crippen molar-refractivity contribution in [3.8, 4) is 6.07 Å². The van der Waals surface area contributed by atoms with Crippen LogP contribution in [0, 0.1) is 11.3 Å². The lowest BCUT2D eigenvalue weighted by atomic mass is 10.3. The van der Waals surface area contributed by atoms with Crippen LogP contribution in [0.5, 0.6) is 0 Å². The lowest BCUT2D eigenvalue weighted by molar-refractivity contribution is 0.312. The molecule has 1 saturated heterocycles. The van der Waals surface area contributed by atoms with E-state index in [1.54, 1.807) is 30.1 Å². The van der Waals surface area contributed by atoms with Crippen molar-refractivity contribution in [2.45, 2.75) is 10.9 Å². The maximum Gasteiger partial charge on any atom is 0.245 e. The summed E-state index contributed by atoms with van der Waals surface area (Å²) < 4.78 is 27.5. The third-order valence-electron chi connectivity index (χ3n) is 2.75. The quantitative estimate of drug-likeness (QED) is 0.772. The Kier molecular flexibility index (Phi) is 3.19. The van der Waals surface area contributed by atoms with Gasteiger partial charge in [0.05, 0.1) is 11.0 Å². The zero-order chi connectivity index (χ0) is 12.5. The Labute approximate surface area is 100 Å². The van der Waals surface area contributed by atoms with E-state index in [4.69, 9.17) is 5.26 Å². The smallest absolute Gasteiger partial charge is 0.245 e. The van der Waals surface area contributed by atoms with Crippen molar-refractivity contribution in [2.24, 2.45) is 7.05 Å². The average molecular weight is 254 g/mol. The van der Waals surface area contributed by atoms with Gasteiger partial charge in [0.2, 0.25) is 10.0 Å². The minimum atomic E-state index is -3.55. The van der Waals surface area contributed by atoms with Gasteiger partial charge < -0.3 is 9.88 Å². The summed E-state index contributed by atoms with van der Waals surface area (Å²) in [4.78, 5) is 0.238. The number of rotatable bonds is 2. The third-order valence-corrected chi connectivity index (χ3v) is 4.65. The van der Waals surface area contributed by atoms with E-state index < -0.39 is 16.1 Å². The lowest BCUT2D eigenvalue weighted by Gasteiger charge is -2.30. The predicted molar refractivity (Wildman–Crippen MR) is 61.6 cm³/mol. The largest absolute Gasteiger partial charge is 0.356 e. The zero-order valence-electron chi connectivity index (χ0n) is 9.50. The molecular formula is C10H14N4O2S. The summed E-state index contributed by atoms with van der Waals surface area (Å²) in [6.07, 6.45) is 3.22. The summed E-state index contributed by atoms with van der Waals surface area (Å²) >= 11 is 0. The molecule has 0 saturated carbocycles. The zero-order valence-corrected chi connectivity index (χ0v) is 10.3. The van der Waals surface area contributed by atoms with Crippen LogP contribution in [0.1, 0.15) is 0 Å². The summed E-state index contributed by atoms with van der Waals surface area (Å²) in [6, 6.07) is 2.93. The lowest BCUT2D eigenvalue weighted by Crippen LogP contribution is -2.52. The van der Waals surface area contributed by atoms with Crippen LogP contribution in [0.3, 0.4) is 0 Å². The minimum absolute atomic E-state index is 0.238. The van der Waals surface area contributed by atoms with Crippen LogP contribution < -0.4 is 5.32 Å². The van der Waals surface area contributed by atoms with Crippen molar-refractivity contribution in [3.05, 3.63) is 18.5 Å². The Morgan fingerprint density at radius 3 is 2.94 bits per heavy atom. The van der Waals surface area contributed by atoms with Gasteiger partial charge in [0, 0.05) is 39.1 Å². The molecule has 1 aliphatic heterocycles. The summed E-state index contributed by atoms with van der Waals surface area (Å²) in [5.41, 5.74) is 0. The molecule has 1 fully saturated rings. The van der Waals surface area contributed by atoms with Crippen molar-refractivity contribution < 1.29 is 8.42 Å². The van der Waals surface area contributed by atoms with Crippen LogP contribution in [0.25, 0.3) is 0 Å². The van der Waals surface area contributed by atoms with Gasteiger partial charge >= 0.3 is 0 Å². The first kappa shape index (κ1) is 12.1. The molecule has 1 unspecified atom stereocenters. The second-order valence-corrected chi connectivity index (χ2v) is 5.87. The normalized spacial score (nSPS) is 22.2. The third kappa shape index (κ3) is 2.20. The topological polar surface area (TPSA) is 78.1 Å². The summed E-state index contributed by atoms with van der Waals surface area (Å²) in [6.45, 7) is 1.28. The van der Waals surface area contributed by atoms with Gasteiger partial charge in [-0.25, -0.2) is 8.42 Å². The van der Waals surface area contributed by atoms with Gasteiger partial charge in [-0.3, -0.25) is 0 Å². The highest BCUT2D eigenvalue weighted by Gasteiger charge is 2.33. The SMILES string of the molecule is Cn1ccc(S(=O)(=O)N2CCNCC2C#N)c1. The van der Waals surface area contributed by atoms with Crippen molar-refractivity contribution in [1.82, 2.24) is 14.2 Å². The highest BCUT2D eigenvalue weighted by atomic mass is 32.2. The van der Waals surface area contributed by atoms with Crippen molar-refractivity contribution in [3.63, 3.8) is 0 Å². The molecule has 1 aromatic heterocycles. The first-order chi connectivity index (χ1) is 8.05. The average Bonchev–Trinajstić information content (AvgIpc) is 2.76. The molecule has 1 aromatic rings. The van der Waals surface area contributed by atoms with E-state index in [0.29, 0.717) is 19.6 Å². The van der Waals surface area contributed by atoms with E-state index in [1.165, 1.54) is 4.31 Å². The second-order valence-electron chi connectivity index (χ2n) is 3.98. The summed E-state index contributed by atoms with van der Waals surface area (Å²) in [5, 5.41) is 12.0. The van der Waals surface area contributed by atoms with Crippen molar-refractivity contribution >= 4 is 10.0 Å². The van der Waals surface area contributed by atoms with E-state index in [2.05, 4.69) is 5.32 Å². The monoisotopic (exact) mass is 254 g/mol. The van der Waals surface area contributed by atoms with Crippen LogP contribution in [0.2, 0.25) is 0 Å². The van der Waals surface area contributed by atoms with Gasteiger partial charge in [0.15, 0.2) is 0 Å². The molecule has 2 rings (SSSR count). The fraction of sp³-hybridized carbons (Fsp3) is 0.500. The van der Waals surface area contributed by atoms with Crippen LogP contribution in [-0.2, 0) is 17.1 Å². The molecule has 1 aliphatic rings. The Balaban J connectivity index is 2.35. The molecule has 0 radical (unpaired) electrons. The second kappa shape index (κ2) is 4.49. The van der Waals surface area contributed by atoms with Gasteiger partial charge in [-0.05, 0) is 6.07 Å². The number of nitrogens with zero attached hydrogens (tertiary/aromatic N) is 3. The standard InChI is InChI=1S/C10H14N4O2S/c1-13-4-2-10(8-13)17(15,16)14-5-3-12-7-9(14)6-11/h2,4,8-9,12H,3,5,7H2,1H3. The Morgan fingerprint density at radius 1 is 1.59 bits per heavy atom. The fourth-order valence-electron chi connectivity index (χ4n) is 1.85. The molecule has 92 valence electrons. The molecule has 0 bridgehead atoms. The van der Waals surface area contributed by atoms with Crippen LogP contribution in [-0.4, -0.2) is 43.0 Å². The maximum atomic E-state index is 12.3. The van der Waals surface area contributed by atoms with E-state index in [-0.39, 0.29) is 4.90 Å². The van der Waals surface area contributed by atoms with Crippen molar-refractivity contribution in [2.75, 3.05) is 19.6 Å². The molecule has 7 heteroatoms. The first-order valence-corrected chi connectivity index (χ1v) is 6.74. The molecule has 0 amide bonds. The van der Waals surface area contributed by atoms with Gasteiger partial charge in [-0.15, -0.1) is 0 Å². The predicted octanol–water partition coefficient (Wildman–Crippen LogP) is -0.489. The van der Waals surface area contributed by atoms with E-state index in [9.17, 15) is 8.42 Å². The van der Waals surface area contributed by atoms with Gasteiger partial charge in [0.1, 0.15) is 6.04 Å². The Morgan fingerprint density at radius 2 is 2.35 bits per heavy atom. The first-order valence-electron chi connectivity index (χ1n) is 5.30. The highest BCUT2D eigenvalue weighted by Crippen LogP contribution is 2.19. The fourth-order valence-corrected chi connectivity index (χ4v) is 3.44. The summed E-state index contributed by atoms with van der Waals surface area (Å²) in [5.74, 6) is 0. The minimum Gasteiger partial charge on any atom is -0.356 e. The molecule has 2 heterocycles. The molecular weight excluding hydrogens is 240 g/mol. The molecule has 0 spiro atoms. The molecule has 6 nitrogen and oxygen atoms in total. The molecule has 0 aliphatic carbocycles. The van der Waals surface area contributed by atoms with Crippen LogP contribution in [0.4, 0.5) is 0 Å².